The molecule has 0 aliphatic carbocycles. The lowest BCUT2D eigenvalue weighted by atomic mass is 10.5. The van der Waals surface area contributed by atoms with Gasteiger partial charge < -0.3 is 9.84 Å². The summed E-state index contributed by atoms with van der Waals surface area (Å²) in [6, 6.07) is 0. The predicted octanol–water partition coefficient (Wildman–Crippen LogP) is 0.824. The van der Waals surface area contributed by atoms with Crippen molar-refractivity contribution in [1.29, 1.82) is 0 Å². The minimum Gasteiger partial charge on any atom is -0.462 e. The second kappa shape index (κ2) is 6.89. The Kier molecular flexibility index (Phi) is 6.44. The van der Waals surface area contributed by atoms with E-state index in [2.05, 4.69) is 32.5 Å². The number of hydrogen-bond acceptors (Lipinski definition) is 3. The highest BCUT2D eigenvalue weighted by Gasteiger charge is 2.03. The predicted molar refractivity (Wildman–Crippen MR) is 48.5 cm³/mol. The molecule has 0 aliphatic heterocycles. The summed E-state index contributed by atoms with van der Waals surface area (Å²) in [5.41, 5.74) is 0. The Hall–Kier alpha value is -0.790. The molecule has 0 amide bonds. The van der Waals surface area contributed by atoms with Crippen molar-refractivity contribution in [2.75, 3.05) is 13.2 Å². The van der Waals surface area contributed by atoms with Crippen molar-refractivity contribution in [2.45, 2.75) is 6.92 Å². The number of allylic oxidation sites excluding steroid dienone is 1. The molecule has 4 heteroatoms. The maximum atomic E-state index is 10.9. The lowest BCUT2D eigenvalue weighted by Gasteiger charge is -1.96. The summed E-state index contributed by atoms with van der Waals surface area (Å²) in [6.45, 7) is 1.83. The van der Waals surface area contributed by atoms with Crippen LogP contribution in [0.25, 0.3) is 0 Å². The molecule has 0 atom stereocenters. The molecule has 0 heterocycles. The Morgan fingerprint density at radius 2 is 2.42 bits per heavy atom. The summed E-state index contributed by atoms with van der Waals surface area (Å²) in [7, 11) is 0. The molecule has 0 aliphatic rings. The van der Waals surface area contributed by atoms with Crippen LogP contribution in [0, 0.1) is 11.8 Å². The van der Waals surface area contributed by atoms with Crippen LogP contribution in [0.2, 0.25) is 0 Å². The van der Waals surface area contributed by atoms with Gasteiger partial charge in [0.2, 0.25) is 0 Å². The van der Waals surface area contributed by atoms with Gasteiger partial charge in [0.25, 0.3) is 0 Å². The van der Waals surface area contributed by atoms with Crippen LogP contribution in [0.4, 0.5) is 0 Å². The summed E-state index contributed by atoms with van der Waals surface area (Å²) >= 11 is 2.98. The number of rotatable bonds is 2. The van der Waals surface area contributed by atoms with Gasteiger partial charge in [0, 0.05) is 6.08 Å². The third kappa shape index (κ3) is 4.94. The summed E-state index contributed by atoms with van der Waals surface area (Å²) in [6.07, 6.45) is 1.34. The van der Waals surface area contributed by atoms with Crippen molar-refractivity contribution in [3.63, 3.8) is 0 Å². The SMILES string of the molecule is CCOC(=O)/C(Br)=C/C#CCO. The number of hydrogen-bond donors (Lipinski definition) is 1. The first-order chi connectivity index (χ1) is 5.72. The molecular weight excluding hydrogens is 224 g/mol. The third-order valence-corrected chi connectivity index (χ3v) is 1.40. The zero-order valence-corrected chi connectivity index (χ0v) is 8.22. The molecule has 0 saturated heterocycles. The summed E-state index contributed by atoms with van der Waals surface area (Å²) in [5.74, 6) is 4.38. The largest absolute Gasteiger partial charge is 0.462 e. The van der Waals surface area contributed by atoms with Gasteiger partial charge in [-0.15, -0.1) is 0 Å². The van der Waals surface area contributed by atoms with E-state index in [1.54, 1.807) is 6.92 Å². The molecule has 0 spiro atoms. The van der Waals surface area contributed by atoms with Gasteiger partial charge in [0.05, 0.1) is 6.61 Å². The Balaban J connectivity index is 4.08. The van der Waals surface area contributed by atoms with E-state index in [0.717, 1.165) is 0 Å². The molecular formula is C8H9BrO3. The number of halogens is 1. The van der Waals surface area contributed by atoms with Crippen LogP contribution in [0.3, 0.4) is 0 Å². The van der Waals surface area contributed by atoms with E-state index < -0.39 is 5.97 Å². The summed E-state index contributed by atoms with van der Waals surface area (Å²) < 4.78 is 4.90. The van der Waals surface area contributed by atoms with E-state index in [0.29, 0.717) is 6.61 Å². The van der Waals surface area contributed by atoms with Crippen molar-refractivity contribution in [1.82, 2.24) is 0 Å². The average molecular weight is 233 g/mol. The van der Waals surface area contributed by atoms with Crippen LogP contribution in [0.5, 0.6) is 0 Å². The van der Waals surface area contributed by atoms with E-state index in [1.165, 1.54) is 6.08 Å². The Labute approximate surface area is 79.5 Å². The van der Waals surface area contributed by atoms with Crippen LogP contribution in [0.15, 0.2) is 10.6 Å². The highest BCUT2D eigenvalue weighted by Crippen LogP contribution is 2.05. The molecule has 0 radical (unpaired) electrons. The molecule has 0 aromatic rings. The Morgan fingerprint density at radius 3 is 2.92 bits per heavy atom. The zero-order valence-electron chi connectivity index (χ0n) is 6.63. The van der Waals surface area contributed by atoms with Gasteiger partial charge in [0.1, 0.15) is 11.1 Å². The molecule has 0 aromatic heterocycles. The molecule has 0 fully saturated rings. The molecule has 0 rings (SSSR count). The van der Waals surface area contributed by atoms with Crippen molar-refractivity contribution < 1.29 is 14.6 Å². The van der Waals surface area contributed by atoms with Crippen LogP contribution in [0.1, 0.15) is 6.92 Å². The van der Waals surface area contributed by atoms with Gasteiger partial charge in [-0.2, -0.15) is 0 Å². The fourth-order valence-corrected chi connectivity index (χ4v) is 0.648. The first kappa shape index (κ1) is 11.2. The van der Waals surface area contributed by atoms with Crippen molar-refractivity contribution in [3.05, 3.63) is 10.6 Å². The molecule has 1 N–H and O–H groups in total. The minimum atomic E-state index is -0.454. The van der Waals surface area contributed by atoms with Crippen LogP contribution in [-0.2, 0) is 9.53 Å². The van der Waals surface area contributed by atoms with Crippen molar-refractivity contribution in [2.24, 2.45) is 0 Å². The topological polar surface area (TPSA) is 46.5 Å². The molecule has 66 valence electrons. The van der Waals surface area contributed by atoms with Gasteiger partial charge >= 0.3 is 5.97 Å². The zero-order chi connectivity index (χ0) is 9.40. The number of esters is 1. The second-order valence-corrected chi connectivity index (χ2v) is 2.55. The standard InChI is InChI=1S/C8H9BrO3/c1-2-12-8(11)7(9)5-3-4-6-10/h5,10H,2,6H2,1H3/b7-5-. The number of ether oxygens (including phenoxy) is 1. The van der Waals surface area contributed by atoms with Crippen LogP contribution >= 0.6 is 15.9 Å². The van der Waals surface area contributed by atoms with Gasteiger partial charge in [-0.25, -0.2) is 4.79 Å². The van der Waals surface area contributed by atoms with Gasteiger partial charge in [-0.1, -0.05) is 11.8 Å². The number of carbonyl (C=O) groups excluding carboxylic acids is 1. The van der Waals surface area contributed by atoms with Gasteiger partial charge in [0.15, 0.2) is 0 Å². The number of aliphatic hydroxyl groups is 1. The summed E-state index contributed by atoms with van der Waals surface area (Å²) in [4.78, 5) is 10.9. The highest BCUT2D eigenvalue weighted by molar-refractivity contribution is 9.12. The van der Waals surface area contributed by atoms with Gasteiger partial charge in [-0.3, -0.25) is 0 Å². The molecule has 0 unspecified atom stereocenters. The van der Waals surface area contributed by atoms with Crippen molar-refractivity contribution >= 4 is 21.9 Å². The van der Waals surface area contributed by atoms with E-state index in [4.69, 9.17) is 5.11 Å². The molecule has 0 aromatic carbocycles. The molecule has 0 saturated carbocycles. The maximum absolute atomic E-state index is 10.9. The normalized spacial score (nSPS) is 10.1. The Bertz CT molecular complexity index is 234. The highest BCUT2D eigenvalue weighted by atomic mass is 79.9. The molecule has 3 nitrogen and oxygen atoms in total. The fourth-order valence-electron chi connectivity index (χ4n) is 0.419. The van der Waals surface area contributed by atoms with Crippen molar-refractivity contribution in [3.8, 4) is 11.8 Å². The monoisotopic (exact) mass is 232 g/mol. The van der Waals surface area contributed by atoms with Crippen LogP contribution in [-0.4, -0.2) is 24.3 Å². The first-order valence-electron chi connectivity index (χ1n) is 3.34. The lowest BCUT2D eigenvalue weighted by Crippen LogP contribution is -2.02. The average Bonchev–Trinajstić information content (AvgIpc) is 2.05. The maximum Gasteiger partial charge on any atom is 0.345 e. The molecule has 12 heavy (non-hydrogen) atoms. The van der Waals surface area contributed by atoms with Gasteiger partial charge in [-0.05, 0) is 22.9 Å². The van der Waals surface area contributed by atoms with E-state index >= 15 is 0 Å². The molecule has 0 bridgehead atoms. The lowest BCUT2D eigenvalue weighted by molar-refractivity contribution is -0.137. The Morgan fingerprint density at radius 1 is 1.75 bits per heavy atom. The number of aliphatic hydroxyl groups excluding tert-OH is 1. The smallest absolute Gasteiger partial charge is 0.345 e. The summed E-state index contributed by atoms with van der Waals surface area (Å²) in [5, 5.41) is 8.29. The first-order valence-corrected chi connectivity index (χ1v) is 4.13. The fraction of sp³-hybridized carbons (Fsp3) is 0.375. The quantitative estimate of drug-likeness (QED) is 0.436. The van der Waals surface area contributed by atoms with Crippen LogP contribution < -0.4 is 0 Å². The minimum absolute atomic E-state index is 0.223. The number of carbonyl (C=O) groups is 1. The van der Waals surface area contributed by atoms with E-state index in [1.807, 2.05) is 0 Å². The third-order valence-electron chi connectivity index (χ3n) is 0.850. The van der Waals surface area contributed by atoms with E-state index in [9.17, 15) is 4.79 Å². The van der Waals surface area contributed by atoms with E-state index in [-0.39, 0.29) is 11.1 Å². The second-order valence-electron chi connectivity index (χ2n) is 1.69.